The van der Waals surface area contributed by atoms with E-state index in [1.807, 2.05) is 0 Å². The summed E-state index contributed by atoms with van der Waals surface area (Å²) in [6.45, 7) is 2.65. The molecule has 0 aromatic heterocycles. The van der Waals surface area contributed by atoms with E-state index in [0.717, 1.165) is 30.2 Å². The summed E-state index contributed by atoms with van der Waals surface area (Å²) in [6, 6.07) is 1.63. The fourth-order valence-corrected chi connectivity index (χ4v) is 5.20. The van der Waals surface area contributed by atoms with Crippen LogP contribution in [-0.4, -0.2) is 29.9 Å². The number of amides is 1. The monoisotopic (exact) mass is 275 g/mol. The highest BCUT2D eigenvalue weighted by Crippen LogP contribution is 2.56. The molecule has 0 heterocycles. The molecule has 0 radical (unpaired) electrons. The Kier molecular flexibility index (Phi) is 3.72. The largest absolute Gasteiger partial charge is 0.328 e. The second kappa shape index (κ2) is 5.37. The summed E-state index contributed by atoms with van der Waals surface area (Å²) in [7, 11) is 0. The van der Waals surface area contributed by atoms with Crippen molar-refractivity contribution < 1.29 is 4.79 Å². The SMILES string of the molecule is CC(N)C(=O)N(CC#N)CC1C2CC3CC(C2)CC1C3. The van der Waals surface area contributed by atoms with Crippen LogP contribution in [0.1, 0.15) is 39.0 Å². The van der Waals surface area contributed by atoms with Crippen LogP contribution in [0.25, 0.3) is 0 Å². The lowest BCUT2D eigenvalue weighted by Gasteiger charge is -2.55. The quantitative estimate of drug-likeness (QED) is 0.795. The molecule has 4 heteroatoms. The summed E-state index contributed by atoms with van der Waals surface area (Å²) in [5.41, 5.74) is 5.72. The van der Waals surface area contributed by atoms with Gasteiger partial charge in [-0.1, -0.05) is 0 Å². The van der Waals surface area contributed by atoms with Gasteiger partial charge in [-0.3, -0.25) is 4.79 Å². The molecule has 1 amide bonds. The third-order valence-electron chi connectivity index (χ3n) is 5.82. The van der Waals surface area contributed by atoms with E-state index in [0.29, 0.717) is 5.92 Å². The van der Waals surface area contributed by atoms with Crippen molar-refractivity contribution in [2.75, 3.05) is 13.1 Å². The van der Waals surface area contributed by atoms with Gasteiger partial charge in [-0.15, -0.1) is 0 Å². The second-order valence-corrected chi connectivity index (χ2v) is 7.26. The molecular weight excluding hydrogens is 250 g/mol. The van der Waals surface area contributed by atoms with E-state index < -0.39 is 6.04 Å². The van der Waals surface area contributed by atoms with Crippen molar-refractivity contribution >= 4 is 5.91 Å². The highest BCUT2D eigenvalue weighted by molar-refractivity contribution is 5.81. The molecule has 4 nitrogen and oxygen atoms in total. The molecule has 0 aromatic rings. The molecular formula is C16H25N3O. The number of nitriles is 1. The van der Waals surface area contributed by atoms with Crippen molar-refractivity contribution in [3.8, 4) is 6.07 Å². The second-order valence-electron chi connectivity index (χ2n) is 7.26. The van der Waals surface area contributed by atoms with Gasteiger partial charge in [0.25, 0.3) is 0 Å². The van der Waals surface area contributed by atoms with E-state index in [-0.39, 0.29) is 12.5 Å². The van der Waals surface area contributed by atoms with E-state index >= 15 is 0 Å². The predicted molar refractivity (Wildman–Crippen MR) is 76.4 cm³/mol. The van der Waals surface area contributed by atoms with Crippen molar-refractivity contribution in [1.82, 2.24) is 4.90 Å². The molecule has 20 heavy (non-hydrogen) atoms. The minimum absolute atomic E-state index is 0.0691. The van der Waals surface area contributed by atoms with Crippen LogP contribution in [0, 0.1) is 40.9 Å². The molecule has 4 fully saturated rings. The molecule has 0 saturated heterocycles. The van der Waals surface area contributed by atoms with Crippen LogP contribution in [0.3, 0.4) is 0 Å². The van der Waals surface area contributed by atoms with Crippen molar-refractivity contribution in [2.45, 2.75) is 45.1 Å². The van der Waals surface area contributed by atoms with E-state index in [1.54, 1.807) is 11.8 Å². The Bertz CT molecular complexity index is 398. The molecule has 2 N–H and O–H groups in total. The number of hydrogen-bond acceptors (Lipinski definition) is 3. The normalized spacial score (nSPS) is 39.4. The van der Waals surface area contributed by atoms with Crippen molar-refractivity contribution in [2.24, 2.45) is 35.3 Å². The van der Waals surface area contributed by atoms with Crippen molar-refractivity contribution in [3.05, 3.63) is 0 Å². The van der Waals surface area contributed by atoms with Gasteiger partial charge in [0.05, 0.1) is 12.1 Å². The maximum atomic E-state index is 12.1. The zero-order valence-electron chi connectivity index (χ0n) is 12.3. The zero-order chi connectivity index (χ0) is 14.3. The van der Waals surface area contributed by atoms with Crippen LogP contribution < -0.4 is 5.73 Å². The van der Waals surface area contributed by atoms with Crippen LogP contribution in [0.4, 0.5) is 0 Å². The summed E-state index contributed by atoms with van der Waals surface area (Å²) in [6.07, 6.45) is 6.85. The molecule has 1 unspecified atom stereocenters. The Morgan fingerprint density at radius 2 is 1.80 bits per heavy atom. The van der Waals surface area contributed by atoms with E-state index in [9.17, 15) is 4.79 Å². The fourth-order valence-electron chi connectivity index (χ4n) is 5.20. The van der Waals surface area contributed by atoms with Crippen LogP contribution >= 0.6 is 0 Å². The molecule has 0 spiro atoms. The molecule has 4 bridgehead atoms. The maximum absolute atomic E-state index is 12.1. The van der Waals surface area contributed by atoms with Gasteiger partial charge in [0.1, 0.15) is 6.54 Å². The van der Waals surface area contributed by atoms with Crippen molar-refractivity contribution in [1.29, 1.82) is 5.26 Å². The molecule has 0 aliphatic heterocycles. The molecule has 1 atom stereocenters. The lowest BCUT2D eigenvalue weighted by Crippen LogP contribution is -2.52. The maximum Gasteiger partial charge on any atom is 0.240 e. The Hall–Kier alpha value is -1.08. The van der Waals surface area contributed by atoms with Crippen LogP contribution in [0.2, 0.25) is 0 Å². The molecule has 4 aliphatic rings. The number of nitrogens with zero attached hydrogens (tertiary/aromatic N) is 2. The topological polar surface area (TPSA) is 70.1 Å². The zero-order valence-corrected chi connectivity index (χ0v) is 12.3. The minimum Gasteiger partial charge on any atom is -0.328 e. The highest BCUT2D eigenvalue weighted by atomic mass is 16.2. The Morgan fingerprint density at radius 3 is 2.25 bits per heavy atom. The summed E-state index contributed by atoms with van der Waals surface area (Å²) in [5, 5.41) is 8.96. The Morgan fingerprint density at radius 1 is 1.25 bits per heavy atom. The van der Waals surface area contributed by atoms with Crippen LogP contribution in [0.15, 0.2) is 0 Å². The fraction of sp³-hybridized carbons (Fsp3) is 0.875. The van der Waals surface area contributed by atoms with Crippen LogP contribution in [-0.2, 0) is 4.79 Å². The van der Waals surface area contributed by atoms with E-state index in [2.05, 4.69) is 6.07 Å². The standard InChI is InChI=1S/C16H25N3O/c1-10(18)16(20)19(3-2-17)9-15-13-5-11-4-12(7-13)8-14(15)6-11/h10-15H,3-9,18H2,1H3. The van der Waals surface area contributed by atoms with Gasteiger partial charge in [-0.2, -0.15) is 5.26 Å². The number of nitrogens with two attached hydrogens (primary N) is 1. The molecule has 4 aliphatic carbocycles. The smallest absolute Gasteiger partial charge is 0.240 e. The van der Waals surface area contributed by atoms with Gasteiger partial charge in [0.15, 0.2) is 0 Å². The first-order valence-electron chi connectivity index (χ1n) is 7.99. The number of carbonyl (C=O) groups excluding carboxylic acids is 1. The van der Waals surface area contributed by atoms with Crippen LogP contribution in [0.5, 0.6) is 0 Å². The minimum atomic E-state index is -0.500. The molecule has 110 valence electrons. The predicted octanol–water partition coefficient (Wildman–Crippen LogP) is 1.76. The molecule has 0 aromatic carbocycles. The van der Waals surface area contributed by atoms with Gasteiger partial charge >= 0.3 is 0 Å². The highest BCUT2D eigenvalue weighted by Gasteiger charge is 2.48. The summed E-state index contributed by atoms with van der Waals surface area (Å²) < 4.78 is 0. The first kappa shape index (κ1) is 13.9. The number of rotatable bonds is 4. The first-order valence-corrected chi connectivity index (χ1v) is 7.99. The Labute approximate surface area is 121 Å². The first-order chi connectivity index (χ1) is 9.58. The number of hydrogen-bond donors (Lipinski definition) is 1. The van der Waals surface area contributed by atoms with Gasteiger partial charge < -0.3 is 10.6 Å². The van der Waals surface area contributed by atoms with Gasteiger partial charge in [0, 0.05) is 6.54 Å². The van der Waals surface area contributed by atoms with Gasteiger partial charge in [0.2, 0.25) is 5.91 Å². The summed E-state index contributed by atoms with van der Waals surface area (Å²) >= 11 is 0. The molecule has 4 saturated carbocycles. The lowest BCUT2D eigenvalue weighted by molar-refractivity contribution is -0.134. The Balaban J connectivity index is 1.69. The average Bonchev–Trinajstić information content (AvgIpc) is 2.40. The summed E-state index contributed by atoms with van der Waals surface area (Å²) in [4.78, 5) is 13.9. The summed E-state index contributed by atoms with van der Waals surface area (Å²) in [5.74, 6) is 4.01. The third kappa shape index (κ3) is 2.44. The van der Waals surface area contributed by atoms with Gasteiger partial charge in [-0.25, -0.2) is 0 Å². The number of carbonyl (C=O) groups is 1. The van der Waals surface area contributed by atoms with Gasteiger partial charge in [-0.05, 0) is 68.6 Å². The lowest BCUT2D eigenvalue weighted by atomic mass is 9.52. The molecule has 4 rings (SSSR count). The van der Waals surface area contributed by atoms with Crippen molar-refractivity contribution in [3.63, 3.8) is 0 Å². The van der Waals surface area contributed by atoms with E-state index in [1.165, 1.54) is 32.1 Å². The third-order valence-corrected chi connectivity index (χ3v) is 5.82. The van der Waals surface area contributed by atoms with E-state index in [4.69, 9.17) is 11.0 Å². The average molecular weight is 275 g/mol.